The van der Waals surface area contributed by atoms with E-state index in [1.54, 1.807) is 17.0 Å². The van der Waals surface area contributed by atoms with Crippen LogP contribution in [0.25, 0.3) is 0 Å². The summed E-state index contributed by atoms with van der Waals surface area (Å²) in [5.41, 5.74) is 1.85. The number of rotatable bonds is 3. The normalized spacial score (nSPS) is 17.0. The SMILES string of the molecule is Cc1nccn1CC(=O)NC1Cc2ccccc2NC1=O. The second-order valence-electron chi connectivity index (χ2n) is 5.07. The summed E-state index contributed by atoms with van der Waals surface area (Å²) in [6.45, 7) is 1.99. The number of para-hydroxylation sites is 1. The predicted octanol–water partition coefficient (Wildman–Crippen LogP) is 0.871. The molecule has 0 fully saturated rings. The number of carbonyl (C=O) groups is 2. The van der Waals surface area contributed by atoms with Crippen LogP contribution in [-0.2, 0) is 22.6 Å². The number of anilines is 1. The largest absolute Gasteiger partial charge is 0.342 e. The summed E-state index contributed by atoms with van der Waals surface area (Å²) >= 11 is 0. The second kappa shape index (κ2) is 5.40. The molecule has 0 bridgehead atoms. The number of aromatic nitrogens is 2. The van der Waals surface area contributed by atoms with Crippen LogP contribution >= 0.6 is 0 Å². The monoisotopic (exact) mass is 284 g/mol. The van der Waals surface area contributed by atoms with Gasteiger partial charge in [0.1, 0.15) is 18.4 Å². The van der Waals surface area contributed by atoms with Gasteiger partial charge in [0.05, 0.1) is 0 Å². The van der Waals surface area contributed by atoms with Crippen molar-refractivity contribution in [2.24, 2.45) is 0 Å². The molecule has 3 rings (SSSR count). The van der Waals surface area contributed by atoms with Crippen molar-refractivity contribution in [1.82, 2.24) is 14.9 Å². The first-order valence-corrected chi connectivity index (χ1v) is 6.79. The Morgan fingerprint density at radius 1 is 1.48 bits per heavy atom. The molecule has 0 aliphatic carbocycles. The van der Waals surface area contributed by atoms with Gasteiger partial charge >= 0.3 is 0 Å². The highest BCUT2D eigenvalue weighted by Gasteiger charge is 2.27. The number of aryl methyl sites for hydroxylation is 1. The third-order valence-corrected chi connectivity index (χ3v) is 3.59. The van der Waals surface area contributed by atoms with E-state index in [0.29, 0.717) is 6.42 Å². The van der Waals surface area contributed by atoms with E-state index in [2.05, 4.69) is 15.6 Å². The van der Waals surface area contributed by atoms with E-state index in [4.69, 9.17) is 0 Å². The summed E-state index contributed by atoms with van der Waals surface area (Å²) in [4.78, 5) is 28.1. The average molecular weight is 284 g/mol. The number of benzene rings is 1. The minimum absolute atomic E-state index is 0.164. The van der Waals surface area contributed by atoms with Crippen LogP contribution < -0.4 is 10.6 Å². The predicted molar refractivity (Wildman–Crippen MR) is 77.7 cm³/mol. The lowest BCUT2D eigenvalue weighted by atomic mass is 9.99. The third-order valence-electron chi connectivity index (χ3n) is 3.59. The summed E-state index contributed by atoms with van der Waals surface area (Å²) in [6.07, 6.45) is 3.90. The van der Waals surface area contributed by atoms with Crippen LogP contribution in [-0.4, -0.2) is 27.4 Å². The van der Waals surface area contributed by atoms with Crippen molar-refractivity contribution in [3.63, 3.8) is 0 Å². The minimum atomic E-state index is -0.531. The second-order valence-corrected chi connectivity index (χ2v) is 5.07. The Morgan fingerprint density at radius 3 is 3.05 bits per heavy atom. The zero-order valence-electron chi connectivity index (χ0n) is 11.7. The van der Waals surface area contributed by atoms with Crippen LogP contribution in [0.2, 0.25) is 0 Å². The van der Waals surface area contributed by atoms with Crippen molar-refractivity contribution in [2.75, 3.05) is 5.32 Å². The van der Waals surface area contributed by atoms with Gasteiger partial charge in [0, 0.05) is 24.5 Å². The van der Waals surface area contributed by atoms with Crippen molar-refractivity contribution in [2.45, 2.75) is 25.9 Å². The van der Waals surface area contributed by atoms with E-state index in [1.807, 2.05) is 31.2 Å². The lowest BCUT2D eigenvalue weighted by molar-refractivity contribution is -0.127. The Kier molecular flexibility index (Phi) is 3.43. The molecule has 1 aromatic carbocycles. The average Bonchev–Trinajstić information content (AvgIpc) is 2.85. The van der Waals surface area contributed by atoms with Gasteiger partial charge in [-0.2, -0.15) is 0 Å². The van der Waals surface area contributed by atoms with E-state index in [-0.39, 0.29) is 18.4 Å². The van der Waals surface area contributed by atoms with E-state index in [0.717, 1.165) is 17.1 Å². The molecule has 2 aromatic rings. The molecule has 1 unspecified atom stereocenters. The number of carbonyl (C=O) groups excluding carboxylic acids is 2. The molecule has 2 heterocycles. The minimum Gasteiger partial charge on any atom is -0.342 e. The third kappa shape index (κ3) is 2.79. The van der Waals surface area contributed by atoms with Gasteiger partial charge in [0.25, 0.3) is 0 Å². The molecule has 1 aromatic heterocycles. The first kappa shape index (κ1) is 13.4. The Morgan fingerprint density at radius 2 is 2.29 bits per heavy atom. The quantitative estimate of drug-likeness (QED) is 0.878. The fourth-order valence-electron chi connectivity index (χ4n) is 2.43. The van der Waals surface area contributed by atoms with E-state index in [9.17, 15) is 9.59 Å². The smallest absolute Gasteiger partial charge is 0.247 e. The van der Waals surface area contributed by atoms with Crippen LogP contribution in [0.4, 0.5) is 5.69 Å². The highest BCUT2D eigenvalue weighted by molar-refractivity contribution is 6.00. The number of fused-ring (bicyclic) bond motifs is 1. The van der Waals surface area contributed by atoms with Gasteiger partial charge < -0.3 is 15.2 Å². The number of hydrogen-bond donors (Lipinski definition) is 2. The Bertz CT molecular complexity index is 692. The maximum absolute atomic E-state index is 12.0. The first-order valence-electron chi connectivity index (χ1n) is 6.79. The zero-order valence-corrected chi connectivity index (χ0v) is 11.7. The highest BCUT2D eigenvalue weighted by Crippen LogP contribution is 2.21. The van der Waals surface area contributed by atoms with Crippen molar-refractivity contribution in [3.8, 4) is 0 Å². The maximum atomic E-state index is 12.0. The molecule has 0 saturated carbocycles. The molecule has 2 amide bonds. The molecule has 0 saturated heterocycles. The van der Waals surface area contributed by atoms with Crippen LogP contribution in [0.1, 0.15) is 11.4 Å². The number of hydrogen-bond acceptors (Lipinski definition) is 3. The van der Waals surface area contributed by atoms with Crippen LogP contribution in [0, 0.1) is 6.92 Å². The summed E-state index contributed by atoms with van der Waals surface area (Å²) in [5.74, 6) is 0.392. The molecule has 0 radical (unpaired) electrons. The molecular formula is C15H16N4O2. The Hall–Kier alpha value is -2.63. The highest BCUT2D eigenvalue weighted by atomic mass is 16.2. The van der Waals surface area contributed by atoms with Gasteiger partial charge in [-0.3, -0.25) is 9.59 Å². The summed E-state index contributed by atoms with van der Waals surface area (Å²) in [5, 5.41) is 5.59. The van der Waals surface area contributed by atoms with Crippen LogP contribution in [0.15, 0.2) is 36.7 Å². The van der Waals surface area contributed by atoms with Crippen molar-refractivity contribution < 1.29 is 9.59 Å². The Balaban J connectivity index is 1.67. The van der Waals surface area contributed by atoms with Crippen molar-refractivity contribution in [1.29, 1.82) is 0 Å². The van der Waals surface area contributed by atoms with Crippen molar-refractivity contribution in [3.05, 3.63) is 48.0 Å². The van der Waals surface area contributed by atoms with Crippen LogP contribution in [0.5, 0.6) is 0 Å². The van der Waals surface area contributed by atoms with Gasteiger partial charge in [0.15, 0.2) is 0 Å². The molecule has 6 nitrogen and oxygen atoms in total. The summed E-state index contributed by atoms with van der Waals surface area (Å²) < 4.78 is 1.74. The zero-order chi connectivity index (χ0) is 14.8. The van der Waals surface area contributed by atoms with Gasteiger partial charge in [-0.25, -0.2) is 4.98 Å². The fraction of sp³-hybridized carbons (Fsp3) is 0.267. The topological polar surface area (TPSA) is 76.0 Å². The van der Waals surface area contributed by atoms with E-state index < -0.39 is 6.04 Å². The van der Waals surface area contributed by atoms with Gasteiger partial charge in [-0.15, -0.1) is 0 Å². The van der Waals surface area contributed by atoms with Gasteiger partial charge in [-0.1, -0.05) is 18.2 Å². The lowest BCUT2D eigenvalue weighted by Gasteiger charge is -2.25. The van der Waals surface area contributed by atoms with Gasteiger partial charge in [0.2, 0.25) is 11.8 Å². The molecule has 2 N–H and O–H groups in total. The van der Waals surface area contributed by atoms with Crippen molar-refractivity contribution >= 4 is 17.5 Å². The fourth-order valence-corrected chi connectivity index (χ4v) is 2.43. The van der Waals surface area contributed by atoms with Gasteiger partial charge in [-0.05, 0) is 18.6 Å². The molecule has 1 aliphatic heterocycles. The molecule has 108 valence electrons. The lowest BCUT2D eigenvalue weighted by Crippen LogP contribution is -2.48. The molecule has 1 aliphatic rings. The summed E-state index contributed by atoms with van der Waals surface area (Å²) in [7, 11) is 0. The maximum Gasteiger partial charge on any atom is 0.247 e. The van der Waals surface area contributed by atoms with E-state index in [1.165, 1.54) is 0 Å². The molecule has 6 heteroatoms. The first-order chi connectivity index (χ1) is 10.1. The number of imidazole rings is 1. The molecule has 21 heavy (non-hydrogen) atoms. The number of amides is 2. The molecular weight excluding hydrogens is 268 g/mol. The van der Waals surface area contributed by atoms with E-state index >= 15 is 0 Å². The summed E-state index contributed by atoms with van der Waals surface area (Å²) in [6, 6.07) is 7.08. The standard InChI is InChI=1S/C15H16N4O2/c1-10-16-6-7-19(10)9-14(20)17-13-8-11-4-2-3-5-12(11)18-15(13)21/h2-7,13H,8-9H2,1H3,(H,17,20)(H,18,21). The molecule has 1 atom stereocenters. The van der Waals surface area contributed by atoms with Crippen LogP contribution in [0.3, 0.4) is 0 Å². The number of nitrogens with one attached hydrogen (secondary N) is 2. The Labute approximate surface area is 122 Å². The molecule has 0 spiro atoms. The number of nitrogens with zero attached hydrogens (tertiary/aromatic N) is 2.